The fourth-order valence-electron chi connectivity index (χ4n) is 1.44. The van der Waals surface area contributed by atoms with E-state index in [4.69, 9.17) is 4.65 Å². The summed E-state index contributed by atoms with van der Waals surface area (Å²) in [5.74, 6) is 0. The summed E-state index contributed by atoms with van der Waals surface area (Å²) in [4.78, 5) is 0. The van der Waals surface area contributed by atoms with Crippen LogP contribution in [-0.4, -0.2) is 13.7 Å². The van der Waals surface area contributed by atoms with Crippen LogP contribution in [0.4, 0.5) is 0 Å². The van der Waals surface area contributed by atoms with Crippen molar-refractivity contribution in [3.63, 3.8) is 0 Å². The first-order valence-electron chi connectivity index (χ1n) is 4.16. The smallest absolute Gasteiger partial charge is 0.396 e. The van der Waals surface area contributed by atoms with E-state index < -0.39 is 0 Å². The van der Waals surface area contributed by atoms with Crippen molar-refractivity contribution in [3.05, 3.63) is 35.9 Å². The molecular weight excluding hydrogens is 149 g/mol. The molecule has 2 rings (SSSR count). The summed E-state index contributed by atoms with van der Waals surface area (Å²) in [6, 6.07) is 10.6. The van der Waals surface area contributed by atoms with Crippen LogP contribution >= 0.6 is 0 Å². The van der Waals surface area contributed by atoms with Crippen LogP contribution in [-0.2, 0) is 4.65 Å². The highest BCUT2D eigenvalue weighted by atomic mass is 16.5. The SMILES string of the molecule is C[C@@H]1N[B]O[C@@H]1c1ccccc1. The van der Waals surface area contributed by atoms with Gasteiger partial charge in [0.2, 0.25) is 0 Å². The van der Waals surface area contributed by atoms with Crippen molar-refractivity contribution in [1.82, 2.24) is 5.23 Å². The molecule has 1 heterocycles. The van der Waals surface area contributed by atoms with Gasteiger partial charge in [-0.3, -0.25) is 0 Å². The third-order valence-corrected chi connectivity index (χ3v) is 2.13. The first-order chi connectivity index (χ1) is 5.88. The summed E-state index contributed by atoms with van der Waals surface area (Å²) in [5.41, 5.74) is 1.23. The summed E-state index contributed by atoms with van der Waals surface area (Å²) in [6.07, 6.45) is 0.172. The van der Waals surface area contributed by atoms with Gasteiger partial charge >= 0.3 is 7.62 Å². The maximum absolute atomic E-state index is 5.42. The molecule has 1 radical (unpaired) electrons. The van der Waals surface area contributed by atoms with E-state index in [1.807, 2.05) is 18.2 Å². The van der Waals surface area contributed by atoms with Gasteiger partial charge in [0, 0.05) is 6.04 Å². The lowest BCUT2D eigenvalue weighted by molar-refractivity contribution is 0.228. The Labute approximate surface area is 73.2 Å². The fraction of sp³-hybridized carbons (Fsp3) is 0.333. The van der Waals surface area contributed by atoms with Crippen LogP contribution in [0.15, 0.2) is 30.3 Å². The molecule has 2 atom stereocenters. The van der Waals surface area contributed by atoms with Crippen molar-refractivity contribution in [3.8, 4) is 0 Å². The molecule has 0 aliphatic carbocycles. The standard InChI is InChI=1S/C9H11BNO/c1-7-9(12-10-11-7)8-5-3-2-4-6-8/h2-7,9,11H,1H3/t7-,9-/m0/s1. The molecule has 0 bridgehead atoms. The Balaban J connectivity index is 2.19. The van der Waals surface area contributed by atoms with Gasteiger partial charge in [0.25, 0.3) is 0 Å². The Hall–Kier alpha value is -0.795. The Morgan fingerprint density at radius 3 is 2.67 bits per heavy atom. The second-order valence-corrected chi connectivity index (χ2v) is 3.04. The Kier molecular flexibility index (Phi) is 2.15. The van der Waals surface area contributed by atoms with Gasteiger partial charge in [0.15, 0.2) is 0 Å². The van der Waals surface area contributed by atoms with Crippen LogP contribution in [0.25, 0.3) is 0 Å². The van der Waals surface area contributed by atoms with Gasteiger partial charge in [-0.15, -0.1) is 0 Å². The highest BCUT2D eigenvalue weighted by molar-refractivity contribution is 6.24. The molecule has 0 unspecified atom stereocenters. The highest BCUT2D eigenvalue weighted by Crippen LogP contribution is 2.23. The Morgan fingerprint density at radius 1 is 1.33 bits per heavy atom. The van der Waals surface area contributed by atoms with E-state index in [0.717, 1.165) is 0 Å². The van der Waals surface area contributed by atoms with Gasteiger partial charge in [0.1, 0.15) is 0 Å². The molecule has 0 amide bonds. The third-order valence-electron chi connectivity index (χ3n) is 2.13. The van der Waals surface area contributed by atoms with E-state index in [2.05, 4.69) is 24.3 Å². The van der Waals surface area contributed by atoms with Gasteiger partial charge in [-0.1, -0.05) is 30.3 Å². The summed E-state index contributed by atoms with van der Waals surface area (Å²) >= 11 is 0. The van der Waals surface area contributed by atoms with Gasteiger partial charge in [-0.05, 0) is 12.5 Å². The molecule has 0 aromatic heterocycles. The zero-order valence-electron chi connectivity index (χ0n) is 7.03. The largest absolute Gasteiger partial charge is 0.416 e. The van der Waals surface area contributed by atoms with Gasteiger partial charge in [-0.25, -0.2) is 0 Å². The number of rotatable bonds is 1. The average Bonchev–Trinajstić information content (AvgIpc) is 2.53. The maximum Gasteiger partial charge on any atom is 0.396 e. The summed E-state index contributed by atoms with van der Waals surface area (Å²) in [6.45, 7) is 2.11. The minimum absolute atomic E-state index is 0.172. The topological polar surface area (TPSA) is 21.3 Å². The zero-order chi connectivity index (χ0) is 8.39. The predicted octanol–water partition coefficient (Wildman–Crippen LogP) is 1.27. The Bertz CT molecular complexity index is 252. The van der Waals surface area contributed by atoms with E-state index in [1.54, 1.807) is 7.62 Å². The molecular formula is C9H11BNO. The molecule has 3 heteroatoms. The van der Waals surface area contributed by atoms with Gasteiger partial charge < -0.3 is 9.88 Å². The molecule has 12 heavy (non-hydrogen) atoms. The van der Waals surface area contributed by atoms with Crippen LogP contribution in [0.2, 0.25) is 0 Å². The average molecular weight is 160 g/mol. The van der Waals surface area contributed by atoms with E-state index in [-0.39, 0.29) is 6.10 Å². The molecule has 0 spiro atoms. The number of benzene rings is 1. The normalized spacial score (nSPS) is 28.4. The number of nitrogens with one attached hydrogen (secondary N) is 1. The molecule has 2 nitrogen and oxygen atoms in total. The lowest BCUT2D eigenvalue weighted by Gasteiger charge is -2.14. The molecule has 1 fully saturated rings. The minimum atomic E-state index is 0.172. The molecule has 1 aromatic carbocycles. The second-order valence-electron chi connectivity index (χ2n) is 3.04. The molecule has 1 aliphatic heterocycles. The second kappa shape index (κ2) is 3.29. The molecule has 0 saturated carbocycles. The lowest BCUT2D eigenvalue weighted by atomic mass is 10.0. The molecule has 1 aromatic rings. The van der Waals surface area contributed by atoms with Crippen LogP contribution in [0.5, 0.6) is 0 Å². The van der Waals surface area contributed by atoms with Crippen molar-refractivity contribution in [1.29, 1.82) is 0 Å². The molecule has 1 aliphatic rings. The van der Waals surface area contributed by atoms with Crippen molar-refractivity contribution >= 4 is 7.62 Å². The third kappa shape index (κ3) is 1.38. The summed E-state index contributed by atoms with van der Waals surface area (Å²) < 4.78 is 5.42. The monoisotopic (exact) mass is 160 g/mol. The first kappa shape index (κ1) is 7.83. The highest BCUT2D eigenvalue weighted by Gasteiger charge is 2.25. The van der Waals surface area contributed by atoms with E-state index in [0.29, 0.717) is 6.04 Å². The molecule has 1 N–H and O–H groups in total. The van der Waals surface area contributed by atoms with Crippen LogP contribution in [0.1, 0.15) is 18.6 Å². The Morgan fingerprint density at radius 2 is 2.08 bits per heavy atom. The van der Waals surface area contributed by atoms with Crippen LogP contribution in [0.3, 0.4) is 0 Å². The van der Waals surface area contributed by atoms with Crippen LogP contribution < -0.4 is 5.23 Å². The minimum Gasteiger partial charge on any atom is -0.416 e. The number of hydrogen-bond acceptors (Lipinski definition) is 2. The van der Waals surface area contributed by atoms with Gasteiger partial charge in [0.05, 0.1) is 6.10 Å². The molecule has 61 valence electrons. The van der Waals surface area contributed by atoms with E-state index in [1.165, 1.54) is 5.56 Å². The van der Waals surface area contributed by atoms with Crippen molar-refractivity contribution < 1.29 is 4.65 Å². The summed E-state index contributed by atoms with van der Waals surface area (Å²) in [7, 11) is 1.67. The predicted molar refractivity (Wildman–Crippen MR) is 48.6 cm³/mol. The van der Waals surface area contributed by atoms with Crippen LogP contribution in [0, 0.1) is 0 Å². The van der Waals surface area contributed by atoms with Gasteiger partial charge in [-0.2, -0.15) is 0 Å². The van der Waals surface area contributed by atoms with E-state index in [9.17, 15) is 0 Å². The lowest BCUT2D eigenvalue weighted by Crippen LogP contribution is -2.22. The summed E-state index contributed by atoms with van der Waals surface area (Å²) in [5, 5.41) is 3.12. The first-order valence-corrected chi connectivity index (χ1v) is 4.16. The maximum atomic E-state index is 5.42. The quantitative estimate of drug-likeness (QED) is 0.624. The van der Waals surface area contributed by atoms with Crippen molar-refractivity contribution in [2.24, 2.45) is 0 Å². The van der Waals surface area contributed by atoms with E-state index >= 15 is 0 Å². The molecule has 1 saturated heterocycles. The van der Waals surface area contributed by atoms with Crippen molar-refractivity contribution in [2.45, 2.75) is 19.1 Å². The fourth-order valence-corrected chi connectivity index (χ4v) is 1.44. The number of hydrogen-bond donors (Lipinski definition) is 1. The zero-order valence-corrected chi connectivity index (χ0v) is 7.03. The van der Waals surface area contributed by atoms with Crippen molar-refractivity contribution in [2.75, 3.05) is 0 Å².